The van der Waals surface area contributed by atoms with Crippen LogP contribution in [0.4, 0.5) is 5.69 Å². The fourth-order valence-corrected chi connectivity index (χ4v) is 6.49. The summed E-state index contributed by atoms with van der Waals surface area (Å²) >= 11 is 0. The molecule has 1 amide bonds. The van der Waals surface area contributed by atoms with Crippen LogP contribution in [0.25, 0.3) is 11.1 Å². The number of amides is 1. The predicted octanol–water partition coefficient (Wildman–Crippen LogP) is 4.76. The Morgan fingerprint density at radius 1 is 1.15 bits per heavy atom. The molecule has 4 heterocycles. The third-order valence-electron chi connectivity index (χ3n) is 8.18. The molecule has 3 aromatic rings. The van der Waals surface area contributed by atoms with E-state index in [2.05, 4.69) is 69.4 Å². The van der Waals surface area contributed by atoms with Crippen LogP contribution in [0.5, 0.6) is 0 Å². The quantitative estimate of drug-likeness (QED) is 0.601. The van der Waals surface area contributed by atoms with Crippen molar-refractivity contribution >= 4 is 11.6 Å². The zero-order chi connectivity index (χ0) is 22.4. The molecule has 170 valence electrons. The molecule has 6 rings (SSSR count). The van der Waals surface area contributed by atoms with E-state index in [-0.39, 0.29) is 0 Å². The van der Waals surface area contributed by atoms with E-state index in [1.54, 1.807) is 0 Å². The van der Waals surface area contributed by atoms with Gasteiger partial charge in [-0.3, -0.25) is 9.89 Å². The first kappa shape index (κ1) is 20.5. The molecule has 0 radical (unpaired) electrons. The van der Waals surface area contributed by atoms with Crippen LogP contribution < -0.4 is 4.90 Å². The smallest absolute Gasteiger partial charge is 0.223 e. The van der Waals surface area contributed by atoms with Crippen LogP contribution in [0.15, 0.2) is 54.9 Å². The van der Waals surface area contributed by atoms with E-state index in [9.17, 15) is 4.79 Å². The van der Waals surface area contributed by atoms with Gasteiger partial charge in [0, 0.05) is 49.0 Å². The Hall–Kier alpha value is -3.08. The number of fused-ring (bicyclic) bond motifs is 3. The van der Waals surface area contributed by atoms with Gasteiger partial charge in [-0.2, -0.15) is 5.10 Å². The second-order valence-corrected chi connectivity index (χ2v) is 10.0. The molecule has 1 N–H and O–H groups in total. The summed E-state index contributed by atoms with van der Waals surface area (Å²) in [7, 11) is 0. The minimum atomic E-state index is 0.361. The first-order valence-corrected chi connectivity index (χ1v) is 12.4. The number of hydrogen-bond donors (Lipinski definition) is 1. The van der Waals surface area contributed by atoms with E-state index >= 15 is 0 Å². The van der Waals surface area contributed by atoms with Crippen molar-refractivity contribution in [1.82, 2.24) is 15.1 Å². The highest BCUT2D eigenvalue weighted by atomic mass is 16.2. The van der Waals surface area contributed by atoms with Crippen LogP contribution in [0.1, 0.15) is 42.4 Å². The van der Waals surface area contributed by atoms with Crippen molar-refractivity contribution in [2.45, 2.75) is 57.5 Å². The molecule has 0 saturated carbocycles. The van der Waals surface area contributed by atoms with Gasteiger partial charge in [0.05, 0.1) is 6.20 Å². The predicted molar refractivity (Wildman–Crippen MR) is 131 cm³/mol. The summed E-state index contributed by atoms with van der Waals surface area (Å²) < 4.78 is 0. The second-order valence-electron chi connectivity index (χ2n) is 10.0. The third-order valence-corrected chi connectivity index (χ3v) is 8.18. The van der Waals surface area contributed by atoms with Gasteiger partial charge in [0.2, 0.25) is 5.91 Å². The molecule has 0 spiro atoms. The van der Waals surface area contributed by atoms with Crippen molar-refractivity contribution < 1.29 is 4.79 Å². The summed E-state index contributed by atoms with van der Waals surface area (Å²) in [5.74, 6) is 0.950. The highest BCUT2D eigenvalue weighted by Crippen LogP contribution is 2.44. The van der Waals surface area contributed by atoms with Gasteiger partial charge in [0.15, 0.2) is 0 Å². The van der Waals surface area contributed by atoms with Crippen LogP contribution >= 0.6 is 0 Å². The van der Waals surface area contributed by atoms with E-state index in [0.717, 1.165) is 31.5 Å². The number of aryl methyl sites for hydroxylation is 2. The molecule has 2 saturated heterocycles. The van der Waals surface area contributed by atoms with Gasteiger partial charge in [-0.1, -0.05) is 30.3 Å². The maximum Gasteiger partial charge on any atom is 0.223 e. The lowest BCUT2D eigenvalue weighted by Crippen LogP contribution is -2.39. The standard InChI is InChI=1S/C28H32N4O/c1-19-4-2-3-5-20(19)7-11-28(33)32-25-8-10-27(32)23(15-25)18-31-13-12-22-14-21(6-9-26(22)31)24-16-29-30-17-24/h2-6,9,14,16-17,23,25,27H,7-8,10-13,15,18H2,1H3,(H,29,30). The molecular formula is C28H32N4O. The number of H-pyrrole nitrogens is 1. The Balaban J connectivity index is 1.11. The Morgan fingerprint density at radius 2 is 2.06 bits per heavy atom. The lowest BCUT2D eigenvalue weighted by molar-refractivity contribution is -0.132. The molecule has 3 aliphatic rings. The third kappa shape index (κ3) is 3.73. The SMILES string of the molecule is Cc1ccccc1CCC(=O)N1C2CCC1C(CN1CCc3cc(-c4cn[nH]c4)ccc31)C2. The highest BCUT2D eigenvalue weighted by molar-refractivity contribution is 5.78. The molecule has 5 nitrogen and oxygen atoms in total. The normalized spacial score (nSPS) is 23.4. The van der Waals surface area contributed by atoms with Gasteiger partial charge in [0.25, 0.3) is 0 Å². The van der Waals surface area contributed by atoms with Crippen molar-refractivity contribution in [2.24, 2.45) is 5.92 Å². The summed E-state index contributed by atoms with van der Waals surface area (Å²) in [5.41, 5.74) is 7.78. The first-order chi connectivity index (χ1) is 16.2. The molecule has 2 bridgehead atoms. The monoisotopic (exact) mass is 440 g/mol. The zero-order valence-electron chi connectivity index (χ0n) is 19.3. The number of benzene rings is 2. The maximum absolute atomic E-state index is 13.2. The summed E-state index contributed by atoms with van der Waals surface area (Å²) in [5, 5.41) is 7.00. The van der Waals surface area contributed by atoms with Crippen LogP contribution in [-0.4, -0.2) is 46.2 Å². The Labute approximate surface area is 195 Å². The Bertz CT molecular complexity index is 1150. The molecule has 3 atom stereocenters. The lowest BCUT2D eigenvalue weighted by atomic mass is 9.89. The number of aromatic amines is 1. The number of rotatable bonds is 6. The van der Waals surface area contributed by atoms with Crippen LogP contribution in [0.3, 0.4) is 0 Å². The molecule has 0 aliphatic carbocycles. The van der Waals surface area contributed by atoms with E-state index in [1.807, 2.05) is 12.4 Å². The van der Waals surface area contributed by atoms with Crippen molar-refractivity contribution in [2.75, 3.05) is 18.0 Å². The number of carbonyl (C=O) groups is 1. The molecule has 3 unspecified atom stereocenters. The van der Waals surface area contributed by atoms with Crippen molar-refractivity contribution in [3.63, 3.8) is 0 Å². The average molecular weight is 441 g/mol. The van der Waals surface area contributed by atoms with Crippen molar-refractivity contribution in [3.05, 3.63) is 71.5 Å². The number of aromatic nitrogens is 2. The van der Waals surface area contributed by atoms with E-state index in [4.69, 9.17) is 0 Å². The van der Waals surface area contributed by atoms with Gasteiger partial charge < -0.3 is 9.80 Å². The van der Waals surface area contributed by atoms with E-state index in [0.29, 0.717) is 30.3 Å². The number of hydrogen-bond acceptors (Lipinski definition) is 3. The van der Waals surface area contributed by atoms with Crippen LogP contribution in [0.2, 0.25) is 0 Å². The molecule has 33 heavy (non-hydrogen) atoms. The van der Waals surface area contributed by atoms with Gasteiger partial charge in [-0.15, -0.1) is 0 Å². The fourth-order valence-electron chi connectivity index (χ4n) is 6.49. The molecule has 3 aliphatic heterocycles. The first-order valence-electron chi connectivity index (χ1n) is 12.4. The highest BCUT2D eigenvalue weighted by Gasteiger charge is 2.48. The van der Waals surface area contributed by atoms with Crippen molar-refractivity contribution in [3.8, 4) is 11.1 Å². The summed E-state index contributed by atoms with van der Waals surface area (Å²) in [6, 6.07) is 16.1. The molecule has 2 aromatic carbocycles. The maximum atomic E-state index is 13.2. The Kier molecular flexibility index (Phi) is 5.20. The van der Waals surface area contributed by atoms with Gasteiger partial charge in [-0.25, -0.2) is 0 Å². The average Bonchev–Trinajstić information content (AvgIpc) is 3.62. The summed E-state index contributed by atoms with van der Waals surface area (Å²) in [6.45, 7) is 4.29. The van der Waals surface area contributed by atoms with Gasteiger partial charge in [-0.05, 0) is 79.3 Å². The number of nitrogens with one attached hydrogen (secondary N) is 1. The van der Waals surface area contributed by atoms with E-state index < -0.39 is 0 Å². The topological polar surface area (TPSA) is 52.2 Å². The van der Waals surface area contributed by atoms with Gasteiger partial charge >= 0.3 is 0 Å². The summed E-state index contributed by atoms with van der Waals surface area (Å²) in [6.07, 6.45) is 9.94. The van der Waals surface area contributed by atoms with Crippen molar-refractivity contribution in [1.29, 1.82) is 0 Å². The Morgan fingerprint density at radius 3 is 2.91 bits per heavy atom. The largest absolute Gasteiger partial charge is 0.371 e. The second kappa shape index (κ2) is 8.36. The summed E-state index contributed by atoms with van der Waals surface area (Å²) in [4.78, 5) is 18.1. The minimum Gasteiger partial charge on any atom is -0.371 e. The molecular weight excluding hydrogens is 408 g/mol. The van der Waals surface area contributed by atoms with Crippen LogP contribution in [0, 0.1) is 12.8 Å². The molecule has 1 aromatic heterocycles. The zero-order valence-corrected chi connectivity index (χ0v) is 19.3. The number of nitrogens with zero attached hydrogens (tertiary/aromatic N) is 3. The molecule has 2 fully saturated rings. The number of anilines is 1. The molecule has 5 heteroatoms. The fraction of sp³-hybridized carbons (Fsp3) is 0.429. The van der Waals surface area contributed by atoms with Crippen LogP contribution in [-0.2, 0) is 17.6 Å². The minimum absolute atomic E-state index is 0.361. The van der Waals surface area contributed by atoms with Gasteiger partial charge in [0.1, 0.15) is 0 Å². The number of carbonyl (C=O) groups excluding carboxylic acids is 1. The lowest BCUT2D eigenvalue weighted by Gasteiger charge is -2.29. The van der Waals surface area contributed by atoms with E-state index in [1.165, 1.54) is 47.2 Å².